The van der Waals surface area contributed by atoms with E-state index in [1.807, 2.05) is 12.1 Å². The Balaban J connectivity index is 1.94. The second-order valence-electron chi connectivity index (χ2n) is 5.93. The molecular weight excluding hydrogens is 386 g/mol. The van der Waals surface area contributed by atoms with Crippen molar-refractivity contribution in [2.45, 2.75) is 18.7 Å². The fourth-order valence-electron chi connectivity index (χ4n) is 2.60. The zero-order valence-electron chi connectivity index (χ0n) is 15.3. The standard InChI is InChI=1S/C18H19N3O4S2/c1-10-7-12(8-16(11(10)2)27(23,24)19-3)17(22)21-18-20-14-6-5-13(25-4)9-15(14)26-18/h5-9,19H,1-4H3,(H,20,21,22). The molecule has 0 fully saturated rings. The lowest BCUT2D eigenvalue weighted by molar-refractivity contribution is 0.102. The van der Waals surface area contributed by atoms with E-state index in [0.29, 0.717) is 22.0 Å². The first-order valence-corrected chi connectivity index (χ1v) is 10.4. The summed E-state index contributed by atoms with van der Waals surface area (Å²) in [5, 5.41) is 3.17. The smallest absolute Gasteiger partial charge is 0.257 e. The van der Waals surface area contributed by atoms with Crippen molar-refractivity contribution < 1.29 is 17.9 Å². The minimum atomic E-state index is -3.67. The molecule has 2 aromatic carbocycles. The van der Waals surface area contributed by atoms with Gasteiger partial charge in [0.15, 0.2) is 5.13 Å². The molecule has 1 heterocycles. The number of thiazole rings is 1. The van der Waals surface area contributed by atoms with Gasteiger partial charge in [0.25, 0.3) is 5.91 Å². The van der Waals surface area contributed by atoms with Gasteiger partial charge in [-0.2, -0.15) is 0 Å². The molecule has 3 aromatic rings. The molecule has 7 nitrogen and oxygen atoms in total. The number of aryl methyl sites for hydroxylation is 1. The summed E-state index contributed by atoms with van der Waals surface area (Å²) in [6.45, 7) is 3.48. The van der Waals surface area contributed by atoms with Gasteiger partial charge in [-0.3, -0.25) is 10.1 Å². The van der Waals surface area contributed by atoms with Crippen molar-refractivity contribution in [3.8, 4) is 5.75 Å². The summed E-state index contributed by atoms with van der Waals surface area (Å²) in [4.78, 5) is 17.1. The van der Waals surface area contributed by atoms with Crippen LogP contribution in [0, 0.1) is 13.8 Å². The van der Waals surface area contributed by atoms with Crippen molar-refractivity contribution in [1.29, 1.82) is 0 Å². The van der Waals surface area contributed by atoms with Gasteiger partial charge >= 0.3 is 0 Å². The molecule has 0 saturated carbocycles. The number of nitrogens with zero attached hydrogens (tertiary/aromatic N) is 1. The van der Waals surface area contributed by atoms with Gasteiger partial charge < -0.3 is 4.74 Å². The molecule has 27 heavy (non-hydrogen) atoms. The van der Waals surface area contributed by atoms with Crippen molar-refractivity contribution >= 4 is 42.6 Å². The van der Waals surface area contributed by atoms with Crippen LogP contribution >= 0.6 is 11.3 Å². The average Bonchev–Trinajstić information content (AvgIpc) is 3.04. The van der Waals surface area contributed by atoms with Crippen molar-refractivity contribution in [3.05, 3.63) is 47.0 Å². The lowest BCUT2D eigenvalue weighted by Gasteiger charge is -2.12. The van der Waals surface area contributed by atoms with Gasteiger partial charge in [0.1, 0.15) is 5.75 Å². The number of anilines is 1. The summed E-state index contributed by atoms with van der Waals surface area (Å²) >= 11 is 1.32. The van der Waals surface area contributed by atoms with E-state index in [1.165, 1.54) is 24.5 Å². The first kappa shape index (κ1) is 19.3. The topological polar surface area (TPSA) is 97.4 Å². The van der Waals surface area contributed by atoms with Crippen LogP contribution in [0.5, 0.6) is 5.75 Å². The molecule has 0 aliphatic heterocycles. The van der Waals surface area contributed by atoms with Gasteiger partial charge in [-0.1, -0.05) is 11.3 Å². The van der Waals surface area contributed by atoms with Crippen molar-refractivity contribution in [1.82, 2.24) is 9.71 Å². The van der Waals surface area contributed by atoms with Gasteiger partial charge in [0.2, 0.25) is 10.0 Å². The van der Waals surface area contributed by atoms with Crippen LogP contribution in [0.25, 0.3) is 10.2 Å². The zero-order chi connectivity index (χ0) is 19.8. The van der Waals surface area contributed by atoms with Gasteiger partial charge in [-0.15, -0.1) is 0 Å². The first-order chi connectivity index (χ1) is 12.7. The van der Waals surface area contributed by atoms with E-state index in [9.17, 15) is 13.2 Å². The van der Waals surface area contributed by atoms with Crippen molar-refractivity contribution in [2.75, 3.05) is 19.5 Å². The number of benzene rings is 2. The number of nitrogens with one attached hydrogen (secondary N) is 2. The Kier molecular flexibility index (Phi) is 5.18. The SMILES string of the molecule is CNS(=O)(=O)c1cc(C(=O)Nc2nc3ccc(OC)cc3s2)cc(C)c1C. The number of ether oxygens (including phenoxy) is 1. The minimum absolute atomic E-state index is 0.0872. The van der Waals surface area contributed by atoms with Crippen molar-refractivity contribution in [2.24, 2.45) is 0 Å². The maximum atomic E-state index is 12.7. The Labute approximate surface area is 161 Å². The molecule has 142 valence electrons. The van der Waals surface area contributed by atoms with Gasteiger partial charge in [-0.25, -0.2) is 18.1 Å². The number of hydrogen-bond acceptors (Lipinski definition) is 6. The molecule has 1 aromatic heterocycles. The zero-order valence-corrected chi connectivity index (χ0v) is 16.9. The molecular formula is C18H19N3O4S2. The van der Waals surface area contributed by atoms with E-state index in [4.69, 9.17) is 4.74 Å². The summed E-state index contributed by atoms with van der Waals surface area (Å²) in [7, 11) is -0.741. The molecule has 0 saturated heterocycles. The molecule has 0 bridgehead atoms. The number of amides is 1. The van der Waals surface area contributed by atoms with E-state index >= 15 is 0 Å². The Morgan fingerprint density at radius 2 is 1.93 bits per heavy atom. The molecule has 1 amide bonds. The predicted molar refractivity (Wildman–Crippen MR) is 106 cm³/mol. The van der Waals surface area contributed by atoms with Crippen LogP contribution in [0.15, 0.2) is 35.2 Å². The lowest BCUT2D eigenvalue weighted by Crippen LogP contribution is -2.21. The number of fused-ring (bicyclic) bond motifs is 1. The van der Waals surface area contributed by atoms with Crippen LogP contribution in [-0.4, -0.2) is 33.5 Å². The second kappa shape index (κ2) is 7.26. The lowest BCUT2D eigenvalue weighted by atomic mass is 10.1. The second-order valence-corrected chi connectivity index (χ2v) is 8.82. The van der Waals surface area contributed by atoms with Crippen LogP contribution in [0.1, 0.15) is 21.5 Å². The van der Waals surface area contributed by atoms with Crippen LogP contribution in [-0.2, 0) is 10.0 Å². The third-order valence-corrected chi connectivity index (χ3v) is 6.73. The summed E-state index contributed by atoms with van der Waals surface area (Å²) in [6, 6.07) is 8.49. The van der Waals surface area contributed by atoms with E-state index < -0.39 is 15.9 Å². The van der Waals surface area contributed by atoms with Crippen LogP contribution in [0.4, 0.5) is 5.13 Å². The summed E-state index contributed by atoms with van der Waals surface area (Å²) in [5.41, 5.74) is 2.32. The predicted octanol–water partition coefficient (Wildman–Crippen LogP) is 3.08. The van der Waals surface area contributed by atoms with Crippen molar-refractivity contribution in [3.63, 3.8) is 0 Å². The third-order valence-electron chi connectivity index (χ3n) is 4.26. The molecule has 0 unspecified atom stereocenters. The highest BCUT2D eigenvalue weighted by atomic mass is 32.2. The summed E-state index contributed by atoms with van der Waals surface area (Å²) < 4.78 is 32.8. The van der Waals surface area contributed by atoms with E-state index in [0.717, 1.165) is 10.2 Å². The van der Waals surface area contributed by atoms with Gasteiger partial charge in [0.05, 0.1) is 22.2 Å². The molecule has 2 N–H and O–H groups in total. The molecule has 0 spiro atoms. The Morgan fingerprint density at radius 1 is 1.19 bits per heavy atom. The van der Waals surface area contributed by atoms with Crippen LogP contribution in [0.3, 0.4) is 0 Å². The van der Waals surface area contributed by atoms with E-state index in [-0.39, 0.29) is 10.5 Å². The van der Waals surface area contributed by atoms with Gasteiger partial charge in [0, 0.05) is 5.56 Å². The van der Waals surface area contributed by atoms with E-state index in [2.05, 4.69) is 15.0 Å². The Bertz CT molecular complexity index is 1140. The molecule has 0 atom stereocenters. The highest BCUT2D eigenvalue weighted by Crippen LogP contribution is 2.30. The fraction of sp³-hybridized carbons (Fsp3) is 0.222. The molecule has 3 rings (SSSR count). The Hall–Kier alpha value is -2.49. The van der Waals surface area contributed by atoms with Gasteiger partial charge in [-0.05, 0) is 62.4 Å². The number of sulfonamides is 1. The Morgan fingerprint density at radius 3 is 2.59 bits per heavy atom. The maximum Gasteiger partial charge on any atom is 0.257 e. The number of rotatable bonds is 5. The first-order valence-electron chi connectivity index (χ1n) is 8.06. The number of hydrogen-bond donors (Lipinski definition) is 2. The normalized spacial score (nSPS) is 11.6. The van der Waals surface area contributed by atoms with E-state index in [1.54, 1.807) is 33.1 Å². The quantitative estimate of drug-likeness (QED) is 0.680. The third kappa shape index (κ3) is 3.80. The number of methoxy groups -OCH3 is 1. The monoisotopic (exact) mass is 405 g/mol. The number of carbonyl (C=O) groups excluding carboxylic acids is 1. The van der Waals surface area contributed by atoms with Crippen LogP contribution in [0.2, 0.25) is 0 Å². The number of aromatic nitrogens is 1. The maximum absolute atomic E-state index is 12.7. The molecule has 0 aliphatic rings. The molecule has 0 aliphatic carbocycles. The largest absolute Gasteiger partial charge is 0.497 e. The molecule has 0 radical (unpaired) electrons. The van der Waals surface area contributed by atoms with Crippen LogP contribution < -0.4 is 14.8 Å². The highest BCUT2D eigenvalue weighted by Gasteiger charge is 2.20. The minimum Gasteiger partial charge on any atom is -0.497 e. The fourth-order valence-corrected chi connectivity index (χ4v) is 4.56. The number of carbonyl (C=O) groups is 1. The average molecular weight is 406 g/mol. The highest BCUT2D eigenvalue weighted by molar-refractivity contribution is 7.89. The summed E-state index contributed by atoms with van der Waals surface area (Å²) in [6.07, 6.45) is 0. The summed E-state index contributed by atoms with van der Waals surface area (Å²) in [5.74, 6) is 0.289. The molecule has 9 heteroatoms.